The number of nitrogens with zero attached hydrogens (tertiary/aromatic N) is 1. The number of nitrogens with two attached hydrogens (primary N) is 1. The molecule has 1 aliphatic rings. The molecule has 0 aromatic heterocycles. The number of benzene rings is 1. The topological polar surface area (TPSA) is 38.5 Å². The average molecular weight is 271 g/mol. The summed E-state index contributed by atoms with van der Waals surface area (Å²) in [5, 5.41) is 0. The Morgan fingerprint density at radius 1 is 1.47 bits per heavy atom. The average Bonchev–Trinajstić information content (AvgIpc) is 2.40. The van der Waals surface area contributed by atoms with E-state index in [0.717, 1.165) is 36.5 Å². The van der Waals surface area contributed by atoms with Crippen LogP contribution in [-0.4, -0.2) is 31.1 Å². The first-order valence-electron chi connectivity index (χ1n) is 5.13. The lowest BCUT2D eigenvalue weighted by molar-refractivity contribution is 0.230. The van der Waals surface area contributed by atoms with E-state index in [-0.39, 0.29) is 0 Å². The SMILES string of the molecule is NCCN1CCOc2cc(Br)ccc2C1. The van der Waals surface area contributed by atoms with Crippen LogP contribution in [0.3, 0.4) is 0 Å². The van der Waals surface area contributed by atoms with E-state index in [2.05, 4.69) is 26.9 Å². The van der Waals surface area contributed by atoms with Gasteiger partial charge in [-0.15, -0.1) is 0 Å². The van der Waals surface area contributed by atoms with Gasteiger partial charge in [0.1, 0.15) is 12.4 Å². The maximum absolute atomic E-state index is 5.69. The van der Waals surface area contributed by atoms with Gasteiger partial charge >= 0.3 is 0 Å². The first-order chi connectivity index (χ1) is 7.29. The molecule has 0 saturated heterocycles. The molecule has 0 fully saturated rings. The van der Waals surface area contributed by atoms with Crippen LogP contribution in [0.2, 0.25) is 0 Å². The molecule has 1 heterocycles. The Morgan fingerprint density at radius 3 is 3.13 bits per heavy atom. The molecule has 4 heteroatoms. The van der Waals surface area contributed by atoms with Crippen LogP contribution in [0.1, 0.15) is 5.56 Å². The molecule has 0 atom stereocenters. The third kappa shape index (κ3) is 2.71. The first-order valence-corrected chi connectivity index (χ1v) is 5.92. The summed E-state index contributed by atoms with van der Waals surface area (Å²) >= 11 is 3.45. The van der Waals surface area contributed by atoms with Crippen LogP contribution in [0.5, 0.6) is 5.75 Å². The van der Waals surface area contributed by atoms with E-state index in [1.54, 1.807) is 0 Å². The molecular formula is C11H15BrN2O. The summed E-state index contributed by atoms with van der Waals surface area (Å²) in [4.78, 5) is 2.32. The number of ether oxygens (including phenoxy) is 1. The molecule has 1 aromatic rings. The molecular weight excluding hydrogens is 256 g/mol. The molecule has 0 aliphatic carbocycles. The molecule has 0 radical (unpaired) electrons. The highest BCUT2D eigenvalue weighted by Gasteiger charge is 2.14. The van der Waals surface area contributed by atoms with Crippen LogP contribution in [0.15, 0.2) is 22.7 Å². The third-order valence-electron chi connectivity index (χ3n) is 2.53. The number of hydrogen-bond donors (Lipinski definition) is 1. The number of halogens is 1. The van der Waals surface area contributed by atoms with Crippen LogP contribution < -0.4 is 10.5 Å². The van der Waals surface area contributed by atoms with Crippen molar-refractivity contribution in [3.8, 4) is 5.75 Å². The standard InChI is InChI=1S/C11H15BrN2O/c12-10-2-1-9-8-14(4-3-13)5-6-15-11(9)7-10/h1-2,7H,3-6,8,13H2. The zero-order chi connectivity index (χ0) is 10.7. The van der Waals surface area contributed by atoms with Gasteiger partial charge in [0.2, 0.25) is 0 Å². The minimum Gasteiger partial charge on any atom is -0.492 e. The molecule has 1 aliphatic heterocycles. The van der Waals surface area contributed by atoms with Crippen molar-refractivity contribution < 1.29 is 4.74 Å². The Labute approximate surface area is 98.3 Å². The molecule has 15 heavy (non-hydrogen) atoms. The van der Waals surface area contributed by atoms with Crippen LogP contribution in [0, 0.1) is 0 Å². The summed E-state index contributed by atoms with van der Waals surface area (Å²) in [5.41, 5.74) is 6.80. The third-order valence-corrected chi connectivity index (χ3v) is 3.03. The second-order valence-electron chi connectivity index (χ2n) is 3.67. The lowest BCUT2D eigenvalue weighted by Crippen LogP contribution is -2.30. The zero-order valence-electron chi connectivity index (χ0n) is 8.58. The molecule has 0 saturated carbocycles. The van der Waals surface area contributed by atoms with Crippen molar-refractivity contribution in [3.05, 3.63) is 28.2 Å². The van der Waals surface area contributed by atoms with Crippen LogP contribution in [0.25, 0.3) is 0 Å². The Bertz CT molecular complexity index is 343. The fraction of sp³-hybridized carbons (Fsp3) is 0.455. The fourth-order valence-corrected chi connectivity index (χ4v) is 2.11. The molecule has 82 valence electrons. The summed E-state index contributed by atoms with van der Waals surface area (Å²) in [6.07, 6.45) is 0. The van der Waals surface area contributed by atoms with E-state index < -0.39 is 0 Å². The maximum Gasteiger partial charge on any atom is 0.124 e. The Kier molecular flexibility index (Phi) is 3.61. The molecule has 2 rings (SSSR count). The van der Waals surface area contributed by atoms with Gasteiger partial charge in [-0.1, -0.05) is 22.0 Å². The van der Waals surface area contributed by atoms with E-state index in [1.807, 2.05) is 12.1 Å². The predicted molar refractivity (Wildman–Crippen MR) is 64.0 cm³/mol. The van der Waals surface area contributed by atoms with Gasteiger partial charge < -0.3 is 10.5 Å². The van der Waals surface area contributed by atoms with E-state index in [0.29, 0.717) is 6.54 Å². The smallest absolute Gasteiger partial charge is 0.124 e. The maximum atomic E-state index is 5.69. The van der Waals surface area contributed by atoms with Crippen LogP contribution in [0.4, 0.5) is 0 Å². The van der Waals surface area contributed by atoms with Crippen molar-refractivity contribution in [3.63, 3.8) is 0 Å². The van der Waals surface area contributed by atoms with Gasteiger partial charge in [-0.05, 0) is 12.1 Å². The van der Waals surface area contributed by atoms with Gasteiger partial charge in [-0.2, -0.15) is 0 Å². The minimum absolute atomic E-state index is 0.700. The van der Waals surface area contributed by atoms with Gasteiger partial charge in [0, 0.05) is 36.2 Å². The van der Waals surface area contributed by atoms with Crippen molar-refractivity contribution >= 4 is 15.9 Å². The van der Waals surface area contributed by atoms with Gasteiger partial charge in [-0.3, -0.25) is 4.90 Å². The van der Waals surface area contributed by atoms with Crippen LogP contribution >= 0.6 is 15.9 Å². The second kappa shape index (κ2) is 4.96. The zero-order valence-corrected chi connectivity index (χ0v) is 10.2. The lowest BCUT2D eigenvalue weighted by atomic mass is 10.2. The van der Waals surface area contributed by atoms with E-state index in [1.165, 1.54) is 5.56 Å². The molecule has 0 unspecified atom stereocenters. The molecule has 3 nitrogen and oxygen atoms in total. The van der Waals surface area contributed by atoms with Gasteiger partial charge in [0.25, 0.3) is 0 Å². The van der Waals surface area contributed by atoms with E-state index in [9.17, 15) is 0 Å². The fourth-order valence-electron chi connectivity index (χ4n) is 1.77. The highest BCUT2D eigenvalue weighted by Crippen LogP contribution is 2.26. The highest BCUT2D eigenvalue weighted by molar-refractivity contribution is 9.10. The summed E-state index contributed by atoms with van der Waals surface area (Å²) in [7, 11) is 0. The summed E-state index contributed by atoms with van der Waals surface area (Å²) in [5.74, 6) is 0.990. The number of rotatable bonds is 2. The normalized spacial score (nSPS) is 16.7. The Balaban J connectivity index is 2.18. The second-order valence-corrected chi connectivity index (χ2v) is 4.58. The van der Waals surface area contributed by atoms with Crippen molar-refractivity contribution in [2.24, 2.45) is 5.73 Å². The largest absolute Gasteiger partial charge is 0.492 e. The Hall–Kier alpha value is -0.580. The molecule has 0 spiro atoms. The van der Waals surface area contributed by atoms with Gasteiger partial charge in [0.05, 0.1) is 0 Å². The monoisotopic (exact) mass is 270 g/mol. The molecule has 1 aromatic carbocycles. The highest BCUT2D eigenvalue weighted by atomic mass is 79.9. The van der Waals surface area contributed by atoms with Crippen molar-refractivity contribution in [2.45, 2.75) is 6.54 Å². The first kappa shape index (κ1) is 10.9. The summed E-state index contributed by atoms with van der Waals surface area (Å²) < 4.78 is 6.76. The van der Waals surface area contributed by atoms with E-state index in [4.69, 9.17) is 10.5 Å². The van der Waals surface area contributed by atoms with E-state index >= 15 is 0 Å². The van der Waals surface area contributed by atoms with Crippen molar-refractivity contribution in [1.82, 2.24) is 4.90 Å². The number of hydrogen-bond acceptors (Lipinski definition) is 3. The van der Waals surface area contributed by atoms with Crippen molar-refractivity contribution in [2.75, 3.05) is 26.2 Å². The molecule has 0 amide bonds. The predicted octanol–water partition coefficient (Wildman–Crippen LogP) is 1.60. The Morgan fingerprint density at radius 2 is 2.33 bits per heavy atom. The van der Waals surface area contributed by atoms with Gasteiger partial charge in [-0.25, -0.2) is 0 Å². The lowest BCUT2D eigenvalue weighted by Gasteiger charge is -2.17. The van der Waals surface area contributed by atoms with Gasteiger partial charge in [0.15, 0.2) is 0 Å². The summed E-state index contributed by atoms with van der Waals surface area (Å²) in [6, 6.07) is 6.18. The molecule has 2 N–H and O–H groups in total. The quantitative estimate of drug-likeness (QED) is 0.888. The number of fused-ring (bicyclic) bond motifs is 1. The van der Waals surface area contributed by atoms with Crippen LogP contribution in [-0.2, 0) is 6.54 Å². The summed E-state index contributed by atoms with van der Waals surface area (Å²) in [6.45, 7) is 4.25. The van der Waals surface area contributed by atoms with Crippen molar-refractivity contribution in [1.29, 1.82) is 0 Å². The molecule has 0 bridgehead atoms. The minimum atomic E-state index is 0.700.